The number of hydrogen-bond donors (Lipinski definition) is 3. The van der Waals surface area contributed by atoms with E-state index in [9.17, 15) is 19.8 Å². The third-order valence-corrected chi connectivity index (χ3v) is 6.68. The Labute approximate surface area is 224 Å². The molecular formula is C31H24N2O6. The summed E-state index contributed by atoms with van der Waals surface area (Å²) in [5.74, 6) is -0.880. The molecule has 8 nitrogen and oxygen atoms in total. The van der Waals surface area contributed by atoms with Crippen LogP contribution in [0.4, 0.5) is 17.1 Å². The summed E-state index contributed by atoms with van der Waals surface area (Å²) in [4.78, 5) is 28.2. The van der Waals surface area contributed by atoms with Crippen molar-refractivity contribution in [1.29, 1.82) is 0 Å². The fourth-order valence-electron chi connectivity index (χ4n) is 4.81. The van der Waals surface area contributed by atoms with E-state index in [0.29, 0.717) is 41.5 Å². The summed E-state index contributed by atoms with van der Waals surface area (Å²) in [5, 5.41) is 24.6. The van der Waals surface area contributed by atoms with Gasteiger partial charge in [-0.05, 0) is 72.3 Å². The lowest BCUT2D eigenvalue weighted by Gasteiger charge is -2.26. The number of nitrogens with one attached hydrogen (secondary N) is 1. The maximum atomic E-state index is 13.4. The number of rotatable bonds is 5. The number of nitrogens with zero attached hydrogens (tertiary/aromatic N) is 1. The van der Waals surface area contributed by atoms with Crippen molar-refractivity contribution in [3.05, 3.63) is 114 Å². The summed E-state index contributed by atoms with van der Waals surface area (Å²) in [5.41, 5.74) is 3.01. The summed E-state index contributed by atoms with van der Waals surface area (Å²) in [7, 11) is 0. The zero-order chi connectivity index (χ0) is 26.9. The first-order valence-electron chi connectivity index (χ1n) is 12.4. The third kappa shape index (κ3) is 4.53. The molecule has 0 spiro atoms. The minimum absolute atomic E-state index is 0.0406. The molecule has 4 aromatic carbocycles. The average molecular weight is 521 g/mol. The van der Waals surface area contributed by atoms with Crippen LogP contribution in [0, 0.1) is 0 Å². The summed E-state index contributed by atoms with van der Waals surface area (Å²) in [6.45, 7) is 0.786. The highest BCUT2D eigenvalue weighted by Gasteiger charge is 2.47. The quantitative estimate of drug-likeness (QED) is 0.180. The highest BCUT2D eigenvalue weighted by molar-refractivity contribution is 6.51. The first kappa shape index (κ1) is 24.1. The number of Topliss-reactive ketones (excluding diaryl/α,β-unsaturated/α-hetero) is 1. The second kappa shape index (κ2) is 9.90. The number of fused-ring (bicyclic) bond motifs is 1. The molecule has 8 heteroatoms. The van der Waals surface area contributed by atoms with E-state index >= 15 is 0 Å². The number of benzene rings is 4. The van der Waals surface area contributed by atoms with Crippen LogP contribution >= 0.6 is 0 Å². The normalized spacial score (nSPS) is 17.7. The molecule has 39 heavy (non-hydrogen) atoms. The summed E-state index contributed by atoms with van der Waals surface area (Å²) >= 11 is 0. The molecule has 3 N–H and O–H groups in total. The highest BCUT2D eigenvalue weighted by atomic mass is 16.6. The van der Waals surface area contributed by atoms with Gasteiger partial charge in [-0.2, -0.15) is 0 Å². The number of aliphatic hydroxyl groups excluding tert-OH is 1. The molecule has 1 unspecified atom stereocenters. The third-order valence-electron chi connectivity index (χ3n) is 6.68. The van der Waals surface area contributed by atoms with Gasteiger partial charge in [-0.15, -0.1) is 0 Å². The zero-order valence-electron chi connectivity index (χ0n) is 20.7. The van der Waals surface area contributed by atoms with E-state index in [1.807, 2.05) is 42.5 Å². The minimum Gasteiger partial charge on any atom is -0.508 e. The SMILES string of the molecule is O=C1C(=O)N(c2ccc(Nc3ccccc3)cc2)C(c2ccc(O)cc2)/C1=C(/O)c1ccc2c(c1)OCCO2. The number of hydrogen-bond acceptors (Lipinski definition) is 7. The number of anilines is 3. The molecule has 0 aliphatic carbocycles. The Kier molecular flexibility index (Phi) is 6.13. The lowest BCUT2D eigenvalue weighted by atomic mass is 9.95. The molecule has 0 saturated carbocycles. The van der Waals surface area contributed by atoms with Gasteiger partial charge in [0.25, 0.3) is 11.7 Å². The number of phenols is 1. The molecule has 2 aliphatic rings. The molecule has 1 saturated heterocycles. The van der Waals surface area contributed by atoms with Crippen LogP contribution in [0.2, 0.25) is 0 Å². The van der Waals surface area contributed by atoms with Gasteiger partial charge in [-0.3, -0.25) is 14.5 Å². The molecule has 2 heterocycles. The van der Waals surface area contributed by atoms with Crippen LogP contribution < -0.4 is 19.7 Å². The molecule has 1 atom stereocenters. The summed E-state index contributed by atoms with van der Waals surface area (Å²) in [6.07, 6.45) is 0. The molecule has 1 fully saturated rings. The second-order valence-electron chi connectivity index (χ2n) is 9.16. The molecule has 194 valence electrons. The Morgan fingerprint density at radius 2 is 1.46 bits per heavy atom. The van der Waals surface area contributed by atoms with Crippen molar-refractivity contribution >= 4 is 34.5 Å². The number of ether oxygens (including phenoxy) is 2. The lowest BCUT2D eigenvalue weighted by Crippen LogP contribution is -2.29. The van der Waals surface area contributed by atoms with E-state index < -0.39 is 17.7 Å². The summed E-state index contributed by atoms with van der Waals surface area (Å²) in [6, 6.07) is 26.9. The number of carbonyl (C=O) groups is 2. The predicted molar refractivity (Wildman–Crippen MR) is 146 cm³/mol. The molecule has 0 bridgehead atoms. The van der Waals surface area contributed by atoms with Gasteiger partial charge in [-0.1, -0.05) is 30.3 Å². The Morgan fingerprint density at radius 3 is 2.18 bits per heavy atom. The Balaban J connectivity index is 1.42. The van der Waals surface area contributed by atoms with Crippen molar-refractivity contribution in [2.75, 3.05) is 23.4 Å². The minimum atomic E-state index is -0.924. The second-order valence-corrected chi connectivity index (χ2v) is 9.16. The smallest absolute Gasteiger partial charge is 0.300 e. The lowest BCUT2D eigenvalue weighted by molar-refractivity contribution is -0.132. The number of phenolic OH excluding ortho intramolecular Hbond substituents is 1. The molecule has 6 rings (SSSR count). The standard InChI is InChI=1S/C31H24N2O6/c34-24-13-6-19(7-14-24)28-27(29(35)20-8-15-25-26(18-20)39-17-16-38-25)30(36)31(37)33(28)23-11-9-22(10-12-23)32-21-4-2-1-3-5-21/h1-15,18,28,32,34-35H,16-17H2/b29-27-. The van der Waals surface area contributed by atoms with Gasteiger partial charge < -0.3 is 25.0 Å². The van der Waals surface area contributed by atoms with Crippen molar-refractivity contribution in [2.24, 2.45) is 0 Å². The Hall–Kier alpha value is -5.24. The first-order valence-corrected chi connectivity index (χ1v) is 12.4. The van der Waals surface area contributed by atoms with Crippen LogP contribution in [0.25, 0.3) is 5.76 Å². The van der Waals surface area contributed by atoms with Gasteiger partial charge in [0.15, 0.2) is 11.5 Å². The highest BCUT2D eigenvalue weighted by Crippen LogP contribution is 2.43. The summed E-state index contributed by atoms with van der Waals surface area (Å²) < 4.78 is 11.2. The van der Waals surface area contributed by atoms with Crippen LogP contribution in [-0.4, -0.2) is 35.1 Å². The maximum absolute atomic E-state index is 13.4. The predicted octanol–water partition coefficient (Wildman–Crippen LogP) is 5.53. The monoisotopic (exact) mass is 520 g/mol. The average Bonchev–Trinajstić information content (AvgIpc) is 3.23. The number of carbonyl (C=O) groups excluding carboxylic acids is 2. The fraction of sp³-hybridized carbons (Fsp3) is 0.0968. The van der Waals surface area contributed by atoms with Crippen LogP contribution in [0.3, 0.4) is 0 Å². The topological polar surface area (TPSA) is 108 Å². The fourth-order valence-corrected chi connectivity index (χ4v) is 4.81. The molecule has 2 aliphatic heterocycles. The number of ketones is 1. The van der Waals surface area contributed by atoms with E-state index in [4.69, 9.17) is 9.47 Å². The van der Waals surface area contributed by atoms with Gasteiger partial charge >= 0.3 is 0 Å². The van der Waals surface area contributed by atoms with Gasteiger partial charge in [0.05, 0.1) is 11.6 Å². The van der Waals surface area contributed by atoms with E-state index in [1.54, 1.807) is 42.5 Å². The Morgan fingerprint density at radius 1 is 0.795 bits per heavy atom. The van der Waals surface area contributed by atoms with E-state index in [0.717, 1.165) is 11.4 Å². The Bertz CT molecular complexity index is 1580. The maximum Gasteiger partial charge on any atom is 0.300 e. The zero-order valence-corrected chi connectivity index (χ0v) is 20.7. The first-order chi connectivity index (χ1) is 19.0. The van der Waals surface area contributed by atoms with E-state index in [1.165, 1.54) is 17.0 Å². The number of amides is 1. The number of aliphatic hydroxyl groups is 1. The van der Waals surface area contributed by atoms with Crippen LogP contribution in [0.5, 0.6) is 17.2 Å². The van der Waals surface area contributed by atoms with Crippen LogP contribution in [0.15, 0.2) is 103 Å². The van der Waals surface area contributed by atoms with Crippen LogP contribution in [-0.2, 0) is 9.59 Å². The molecular weight excluding hydrogens is 496 g/mol. The van der Waals surface area contributed by atoms with Crippen molar-refractivity contribution in [3.8, 4) is 17.2 Å². The van der Waals surface area contributed by atoms with Gasteiger partial charge in [0.1, 0.15) is 24.7 Å². The van der Waals surface area contributed by atoms with Crippen LogP contribution in [0.1, 0.15) is 17.2 Å². The number of para-hydroxylation sites is 1. The van der Waals surface area contributed by atoms with Gasteiger partial charge in [0, 0.05) is 22.6 Å². The molecule has 0 radical (unpaired) electrons. The molecule has 1 amide bonds. The van der Waals surface area contributed by atoms with Crippen molar-refractivity contribution in [2.45, 2.75) is 6.04 Å². The number of aromatic hydroxyl groups is 1. The van der Waals surface area contributed by atoms with Gasteiger partial charge in [-0.25, -0.2) is 0 Å². The largest absolute Gasteiger partial charge is 0.508 e. The van der Waals surface area contributed by atoms with Crippen molar-refractivity contribution in [1.82, 2.24) is 0 Å². The van der Waals surface area contributed by atoms with Crippen molar-refractivity contribution in [3.63, 3.8) is 0 Å². The molecule has 4 aromatic rings. The van der Waals surface area contributed by atoms with E-state index in [2.05, 4.69) is 5.32 Å². The van der Waals surface area contributed by atoms with Gasteiger partial charge in [0.2, 0.25) is 0 Å². The molecule has 0 aromatic heterocycles. The van der Waals surface area contributed by atoms with Crippen molar-refractivity contribution < 1.29 is 29.3 Å². The van der Waals surface area contributed by atoms with E-state index in [-0.39, 0.29) is 17.1 Å².